The molecule has 1 atom stereocenters. The molecular weight excluding hydrogens is 237 g/mol. The molecular formula is C10H11Cl2NO2. The third-order valence-electron chi connectivity index (χ3n) is 1.86. The first-order chi connectivity index (χ1) is 7.00. The van der Waals surface area contributed by atoms with Crippen LogP contribution in [0.1, 0.15) is 12.5 Å². The van der Waals surface area contributed by atoms with Gasteiger partial charge < -0.3 is 10.5 Å². The van der Waals surface area contributed by atoms with Crippen LogP contribution in [0.5, 0.6) is 0 Å². The Labute approximate surface area is 98.1 Å². The minimum absolute atomic E-state index is 0.321. The fourth-order valence-corrected chi connectivity index (χ4v) is 1.65. The molecule has 0 unspecified atom stereocenters. The maximum atomic E-state index is 10.5. The van der Waals surface area contributed by atoms with E-state index in [1.807, 2.05) is 6.07 Å². The topological polar surface area (TPSA) is 52.3 Å². The minimum atomic E-state index is -0.791. The molecule has 0 heterocycles. The van der Waals surface area contributed by atoms with Gasteiger partial charge in [0.2, 0.25) is 0 Å². The van der Waals surface area contributed by atoms with Crippen molar-refractivity contribution in [3.63, 3.8) is 0 Å². The molecule has 0 radical (unpaired) electrons. The lowest BCUT2D eigenvalue weighted by atomic mass is 10.1. The lowest BCUT2D eigenvalue weighted by molar-refractivity contribution is 0.116. The number of nitrogens with two attached hydrogens (primary N) is 1. The lowest BCUT2D eigenvalue weighted by Crippen LogP contribution is -2.22. The van der Waals surface area contributed by atoms with Gasteiger partial charge in [-0.25, -0.2) is 4.79 Å². The van der Waals surface area contributed by atoms with Crippen LogP contribution in [0.25, 0.3) is 0 Å². The van der Waals surface area contributed by atoms with Crippen molar-refractivity contribution in [3.8, 4) is 0 Å². The number of hydrogen-bond acceptors (Lipinski definition) is 2. The summed E-state index contributed by atoms with van der Waals surface area (Å²) >= 11 is 11.8. The van der Waals surface area contributed by atoms with Crippen LogP contribution in [0.3, 0.4) is 0 Å². The molecule has 0 aliphatic rings. The number of ether oxygens (including phenoxy) is 1. The Bertz CT molecular complexity index is 368. The van der Waals surface area contributed by atoms with Crippen molar-refractivity contribution < 1.29 is 9.53 Å². The second kappa shape index (κ2) is 5.24. The summed E-state index contributed by atoms with van der Waals surface area (Å²) < 4.78 is 4.79. The second-order valence-electron chi connectivity index (χ2n) is 3.16. The quantitative estimate of drug-likeness (QED) is 0.893. The number of hydrogen-bond donors (Lipinski definition) is 1. The fraction of sp³-hybridized carbons (Fsp3) is 0.300. The number of carbonyl (C=O) groups excluding carboxylic acids is 1. The number of rotatable bonds is 3. The largest absolute Gasteiger partial charge is 0.446 e. The molecule has 0 aliphatic carbocycles. The zero-order valence-corrected chi connectivity index (χ0v) is 9.68. The van der Waals surface area contributed by atoms with Gasteiger partial charge in [-0.05, 0) is 18.6 Å². The van der Waals surface area contributed by atoms with Gasteiger partial charge in [-0.1, -0.05) is 35.3 Å². The number of amides is 1. The van der Waals surface area contributed by atoms with E-state index in [-0.39, 0.29) is 6.10 Å². The predicted molar refractivity (Wildman–Crippen MR) is 60.3 cm³/mol. The Morgan fingerprint density at radius 1 is 1.53 bits per heavy atom. The van der Waals surface area contributed by atoms with Crippen molar-refractivity contribution >= 4 is 29.3 Å². The highest BCUT2D eigenvalue weighted by Crippen LogP contribution is 2.26. The third kappa shape index (κ3) is 3.61. The molecule has 82 valence electrons. The summed E-state index contributed by atoms with van der Waals surface area (Å²) in [6.07, 6.45) is -0.624. The molecule has 1 aromatic carbocycles. The van der Waals surface area contributed by atoms with Crippen LogP contribution in [0.4, 0.5) is 4.79 Å². The Balaban J connectivity index is 2.72. The lowest BCUT2D eigenvalue weighted by Gasteiger charge is -2.12. The second-order valence-corrected chi connectivity index (χ2v) is 3.95. The molecule has 0 bridgehead atoms. The zero-order valence-electron chi connectivity index (χ0n) is 8.17. The van der Waals surface area contributed by atoms with E-state index in [1.165, 1.54) is 0 Å². The summed E-state index contributed by atoms with van der Waals surface area (Å²) in [5.41, 5.74) is 5.73. The van der Waals surface area contributed by atoms with Crippen LogP contribution in [0.15, 0.2) is 18.2 Å². The molecule has 0 saturated carbocycles. The molecule has 0 aromatic heterocycles. The van der Waals surface area contributed by atoms with Crippen molar-refractivity contribution in [1.82, 2.24) is 0 Å². The minimum Gasteiger partial charge on any atom is -0.446 e. The predicted octanol–water partition coefficient (Wildman–Crippen LogP) is 3.02. The van der Waals surface area contributed by atoms with Crippen LogP contribution >= 0.6 is 23.2 Å². The standard InChI is InChI=1S/C10H11Cl2NO2/c1-6(15-10(13)14)5-7-3-2-4-8(11)9(7)12/h2-4,6H,5H2,1H3,(H2,13,14)/t6-/m0/s1. The smallest absolute Gasteiger partial charge is 0.404 e. The van der Waals surface area contributed by atoms with Gasteiger partial charge in [-0.3, -0.25) is 0 Å². The SMILES string of the molecule is C[C@@H](Cc1cccc(Cl)c1Cl)OC(N)=O. The molecule has 0 aliphatic heterocycles. The van der Waals surface area contributed by atoms with E-state index >= 15 is 0 Å². The van der Waals surface area contributed by atoms with Gasteiger partial charge in [0.15, 0.2) is 0 Å². The van der Waals surface area contributed by atoms with Crippen molar-refractivity contribution in [3.05, 3.63) is 33.8 Å². The highest BCUT2D eigenvalue weighted by atomic mass is 35.5. The third-order valence-corrected chi connectivity index (χ3v) is 2.71. The first-order valence-corrected chi connectivity index (χ1v) is 5.15. The highest BCUT2D eigenvalue weighted by molar-refractivity contribution is 6.42. The van der Waals surface area contributed by atoms with Crippen LogP contribution in [0, 0.1) is 0 Å². The van der Waals surface area contributed by atoms with Gasteiger partial charge in [-0.2, -0.15) is 0 Å². The van der Waals surface area contributed by atoms with Gasteiger partial charge >= 0.3 is 6.09 Å². The van der Waals surface area contributed by atoms with E-state index in [9.17, 15) is 4.79 Å². The van der Waals surface area contributed by atoms with Crippen molar-refractivity contribution in [2.45, 2.75) is 19.4 Å². The molecule has 1 rings (SSSR count). The Hall–Kier alpha value is -0.930. The van der Waals surface area contributed by atoms with Gasteiger partial charge in [0.1, 0.15) is 6.10 Å². The number of benzene rings is 1. The van der Waals surface area contributed by atoms with Crippen LogP contribution in [-0.2, 0) is 11.2 Å². The maximum Gasteiger partial charge on any atom is 0.404 e. The van der Waals surface area contributed by atoms with E-state index in [0.717, 1.165) is 5.56 Å². The van der Waals surface area contributed by atoms with Crippen molar-refractivity contribution in [1.29, 1.82) is 0 Å². The molecule has 0 saturated heterocycles. The van der Waals surface area contributed by atoms with Crippen molar-refractivity contribution in [2.24, 2.45) is 5.73 Å². The number of halogens is 2. The van der Waals surface area contributed by atoms with Crippen molar-refractivity contribution in [2.75, 3.05) is 0 Å². The van der Waals surface area contributed by atoms with E-state index in [4.69, 9.17) is 33.7 Å². The summed E-state index contributed by atoms with van der Waals surface area (Å²) in [5, 5.41) is 0.972. The summed E-state index contributed by atoms with van der Waals surface area (Å²) in [5.74, 6) is 0. The van der Waals surface area contributed by atoms with E-state index in [2.05, 4.69) is 0 Å². The van der Waals surface area contributed by atoms with Gasteiger partial charge in [0.05, 0.1) is 10.0 Å². The molecule has 0 fully saturated rings. The average Bonchev–Trinajstić information content (AvgIpc) is 2.11. The van der Waals surface area contributed by atoms with Crippen LogP contribution < -0.4 is 5.73 Å². The molecule has 2 N–H and O–H groups in total. The van der Waals surface area contributed by atoms with E-state index < -0.39 is 6.09 Å². The Morgan fingerprint density at radius 2 is 2.20 bits per heavy atom. The van der Waals surface area contributed by atoms with Gasteiger partial charge in [0.25, 0.3) is 0 Å². The molecule has 3 nitrogen and oxygen atoms in total. The molecule has 0 spiro atoms. The first-order valence-electron chi connectivity index (χ1n) is 4.39. The molecule has 1 aromatic rings. The molecule has 1 amide bonds. The zero-order chi connectivity index (χ0) is 11.4. The normalized spacial score (nSPS) is 12.2. The monoisotopic (exact) mass is 247 g/mol. The molecule has 15 heavy (non-hydrogen) atoms. The van der Waals surface area contributed by atoms with Gasteiger partial charge in [-0.15, -0.1) is 0 Å². The first kappa shape index (κ1) is 12.1. The summed E-state index contributed by atoms with van der Waals surface area (Å²) in [6.45, 7) is 1.74. The van der Waals surface area contributed by atoms with Crippen LogP contribution in [-0.4, -0.2) is 12.2 Å². The highest BCUT2D eigenvalue weighted by Gasteiger charge is 2.11. The average molecular weight is 248 g/mol. The summed E-state index contributed by atoms with van der Waals surface area (Å²) in [7, 11) is 0. The summed E-state index contributed by atoms with van der Waals surface area (Å²) in [6, 6.07) is 5.32. The van der Waals surface area contributed by atoms with Gasteiger partial charge in [0, 0.05) is 6.42 Å². The molecule has 5 heteroatoms. The fourth-order valence-electron chi connectivity index (χ4n) is 1.26. The van der Waals surface area contributed by atoms with Crippen LogP contribution in [0.2, 0.25) is 10.0 Å². The maximum absolute atomic E-state index is 10.5. The number of primary amides is 1. The van der Waals surface area contributed by atoms with E-state index in [0.29, 0.717) is 16.5 Å². The Morgan fingerprint density at radius 3 is 2.80 bits per heavy atom. The summed E-state index contributed by atoms with van der Waals surface area (Å²) in [4.78, 5) is 10.5. The number of carbonyl (C=O) groups is 1. The Kier molecular flexibility index (Phi) is 4.24. The van der Waals surface area contributed by atoms with E-state index in [1.54, 1.807) is 19.1 Å².